The van der Waals surface area contributed by atoms with E-state index in [0.717, 1.165) is 42.2 Å². The molecule has 0 atom stereocenters. The van der Waals surface area contributed by atoms with Crippen molar-refractivity contribution in [3.05, 3.63) is 78.0 Å². The van der Waals surface area contributed by atoms with Gasteiger partial charge in [-0.3, -0.25) is 14.8 Å². The van der Waals surface area contributed by atoms with Gasteiger partial charge < -0.3 is 15.0 Å². The van der Waals surface area contributed by atoms with Crippen molar-refractivity contribution in [3.8, 4) is 16.9 Å². The number of morpholine rings is 1. The topological polar surface area (TPSA) is 98.1 Å². The lowest BCUT2D eigenvalue weighted by Crippen LogP contribution is -2.36. The molecule has 1 amide bonds. The van der Waals surface area contributed by atoms with E-state index in [0.29, 0.717) is 36.3 Å². The van der Waals surface area contributed by atoms with Crippen molar-refractivity contribution in [2.75, 3.05) is 36.5 Å². The van der Waals surface area contributed by atoms with Gasteiger partial charge in [0.2, 0.25) is 0 Å². The van der Waals surface area contributed by atoms with Crippen LogP contribution in [0.4, 0.5) is 24.5 Å². The number of nitrogens with zero attached hydrogens (tertiary/aromatic N) is 6. The molecule has 0 saturated carbocycles. The third-order valence-corrected chi connectivity index (χ3v) is 5.92. The van der Waals surface area contributed by atoms with Gasteiger partial charge in [-0.1, -0.05) is 11.3 Å². The first-order valence-electron chi connectivity index (χ1n) is 11.4. The van der Waals surface area contributed by atoms with E-state index in [2.05, 4.69) is 30.5 Å². The molecule has 0 unspecified atom stereocenters. The minimum Gasteiger partial charge on any atom is -0.378 e. The smallest absolute Gasteiger partial charge is 0.378 e. The largest absolute Gasteiger partial charge is 0.416 e. The number of carbonyl (C=O) groups is 1. The van der Waals surface area contributed by atoms with Gasteiger partial charge in [0, 0.05) is 36.7 Å². The molecule has 1 saturated heterocycles. The monoisotopic (exact) mass is 509 g/mol. The predicted octanol–water partition coefficient (Wildman–Crippen LogP) is 4.14. The molecule has 1 aliphatic rings. The van der Waals surface area contributed by atoms with E-state index in [1.807, 2.05) is 13.0 Å². The van der Waals surface area contributed by atoms with Gasteiger partial charge in [-0.2, -0.15) is 13.2 Å². The maximum atomic E-state index is 13.0. The molecule has 0 spiro atoms. The van der Waals surface area contributed by atoms with Crippen LogP contribution in [0.1, 0.15) is 21.6 Å². The van der Waals surface area contributed by atoms with Gasteiger partial charge in [0.1, 0.15) is 11.4 Å². The van der Waals surface area contributed by atoms with E-state index in [1.165, 1.54) is 0 Å². The van der Waals surface area contributed by atoms with Crippen LogP contribution in [-0.2, 0) is 10.9 Å². The van der Waals surface area contributed by atoms with Crippen LogP contribution in [0.25, 0.3) is 16.9 Å². The average Bonchev–Trinajstić information content (AvgIpc) is 3.40. The summed E-state index contributed by atoms with van der Waals surface area (Å²) in [5.74, 6) is -0.758. The number of benzene rings is 1. The van der Waals surface area contributed by atoms with Crippen LogP contribution in [0.5, 0.6) is 0 Å². The lowest BCUT2D eigenvalue weighted by Gasteiger charge is -2.28. The molecule has 190 valence electrons. The Kier molecular flexibility index (Phi) is 6.57. The number of hydrogen-bond donors (Lipinski definition) is 1. The van der Waals surface area contributed by atoms with Crippen molar-refractivity contribution in [1.29, 1.82) is 0 Å². The standard InChI is InChI=1S/C25H22F3N7O2/c1-16-2-3-19(31-24(36)21-11-18(4-5-30-21)25(26,27)28)12-23(16)35-15-22(32-33-35)17-10-20(14-29-13-17)34-6-8-37-9-7-34/h2-5,10-15H,6-9H2,1H3,(H,31,36). The number of halogens is 3. The van der Waals surface area contributed by atoms with Crippen LogP contribution in [0.15, 0.2) is 61.2 Å². The number of amides is 1. The molecule has 0 aliphatic carbocycles. The zero-order valence-corrected chi connectivity index (χ0v) is 19.7. The summed E-state index contributed by atoms with van der Waals surface area (Å²) in [5.41, 5.74) is 2.97. The summed E-state index contributed by atoms with van der Waals surface area (Å²) in [5, 5.41) is 11.1. The van der Waals surface area contributed by atoms with Gasteiger partial charge in [0.25, 0.3) is 5.91 Å². The van der Waals surface area contributed by atoms with Crippen molar-refractivity contribution in [3.63, 3.8) is 0 Å². The zero-order valence-electron chi connectivity index (χ0n) is 19.7. The molecule has 0 bridgehead atoms. The summed E-state index contributed by atoms with van der Waals surface area (Å²) < 4.78 is 46.0. The van der Waals surface area contributed by atoms with Gasteiger partial charge in [0.15, 0.2) is 0 Å². The first kappa shape index (κ1) is 24.4. The molecule has 4 heterocycles. The van der Waals surface area contributed by atoms with Gasteiger partial charge in [-0.15, -0.1) is 5.10 Å². The maximum Gasteiger partial charge on any atom is 0.416 e. The van der Waals surface area contributed by atoms with Crippen molar-refractivity contribution in [1.82, 2.24) is 25.0 Å². The molecular formula is C25H22F3N7O2. The first-order chi connectivity index (χ1) is 17.8. The number of carbonyl (C=O) groups excluding carboxylic acids is 1. The van der Waals surface area contributed by atoms with Gasteiger partial charge in [-0.25, -0.2) is 4.68 Å². The van der Waals surface area contributed by atoms with Crippen LogP contribution in [0.3, 0.4) is 0 Å². The second kappa shape index (κ2) is 9.97. The van der Waals surface area contributed by atoms with E-state index in [4.69, 9.17) is 4.74 Å². The average molecular weight is 509 g/mol. The first-order valence-corrected chi connectivity index (χ1v) is 11.4. The number of nitrogens with one attached hydrogen (secondary N) is 1. The van der Waals surface area contributed by atoms with E-state index in [1.54, 1.807) is 41.5 Å². The van der Waals surface area contributed by atoms with Crippen LogP contribution >= 0.6 is 0 Å². The summed E-state index contributed by atoms with van der Waals surface area (Å²) in [6.45, 7) is 4.77. The van der Waals surface area contributed by atoms with E-state index in [-0.39, 0.29) is 5.69 Å². The highest BCUT2D eigenvalue weighted by atomic mass is 19.4. The number of aryl methyl sites for hydroxylation is 1. The Labute approximate surface area is 209 Å². The van der Waals surface area contributed by atoms with Crippen LogP contribution in [-0.4, -0.2) is 57.2 Å². The normalized spacial score (nSPS) is 14.0. The summed E-state index contributed by atoms with van der Waals surface area (Å²) in [6, 6.07) is 8.62. The van der Waals surface area contributed by atoms with E-state index in [9.17, 15) is 18.0 Å². The lowest BCUT2D eigenvalue weighted by molar-refractivity contribution is -0.137. The van der Waals surface area contributed by atoms with Gasteiger partial charge >= 0.3 is 6.18 Å². The second-order valence-electron chi connectivity index (χ2n) is 8.46. The Bertz CT molecular complexity index is 1430. The quantitative estimate of drug-likeness (QED) is 0.432. The van der Waals surface area contributed by atoms with E-state index >= 15 is 0 Å². The number of rotatable bonds is 5. The maximum absolute atomic E-state index is 13.0. The molecule has 9 nitrogen and oxygen atoms in total. The number of anilines is 2. The SMILES string of the molecule is Cc1ccc(NC(=O)c2cc(C(F)(F)F)ccn2)cc1-n1cc(-c2cncc(N3CCOCC3)c2)nn1. The molecule has 1 N–H and O–H groups in total. The molecule has 1 fully saturated rings. The Hall–Kier alpha value is -4.32. The van der Waals surface area contributed by atoms with Crippen molar-refractivity contribution < 1.29 is 22.7 Å². The van der Waals surface area contributed by atoms with Crippen molar-refractivity contribution >= 4 is 17.3 Å². The van der Waals surface area contributed by atoms with Crippen molar-refractivity contribution in [2.24, 2.45) is 0 Å². The summed E-state index contributed by atoms with van der Waals surface area (Å²) >= 11 is 0. The fourth-order valence-corrected chi connectivity index (χ4v) is 3.94. The minimum absolute atomic E-state index is 0.340. The highest BCUT2D eigenvalue weighted by molar-refractivity contribution is 6.03. The molecule has 12 heteroatoms. The molecule has 5 rings (SSSR count). The number of hydrogen-bond acceptors (Lipinski definition) is 7. The summed E-state index contributed by atoms with van der Waals surface area (Å²) in [7, 11) is 0. The van der Waals surface area contributed by atoms with E-state index < -0.39 is 17.6 Å². The Morgan fingerprint density at radius 2 is 1.89 bits per heavy atom. The molecule has 1 aliphatic heterocycles. The third kappa shape index (κ3) is 5.43. The summed E-state index contributed by atoms with van der Waals surface area (Å²) in [4.78, 5) is 22.9. The number of alkyl halides is 3. The highest BCUT2D eigenvalue weighted by Crippen LogP contribution is 2.29. The number of aromatic nitrogens is 5. The summed E-state index contributed by atoms with van der Waals surface area (Å²) in [6.07, 6.45) is 1.65. The molecule has 3 aromatic heterocycles. The second-order valence-corrected chi connectivity index (χ2v) is 8.46. The van der Waals surface area contributed by atoms with Crippen molar-refractivity contribution in [2.45, 2.75) is 13.1 Å². The predicted molar refractivity (Wildman–Crippen MR) is 130 cm³/mol. The van der Waals surface area contributed by atoms with Crippen LogP contribution in [0, 0.1) is 6.92 Å². The highest BCUT2D eigenvalue weighted by Gasteiger charge is 2.31. The minimum atomic E-state index is -4.57. The molecule has 4 aromatic rings. The van der Waals surface area contributed by atoms with Gasteiger partial charge in [-0.05, 0) is 42.8 Å². The lowest BCUT2D eigenvalue weighted by atomic mass is 10.1. The molecule has 0 radical (unpaired) electrons. The Morgan fingerprint density at radius 1 is 1.08 bits per heavy atom. The molecular weight excluding hydrogens is 487 g/mol. The molecule has 1 aromatic carbocycles. The Morgan fingerprint density at radius 3 is 2.68 bits per heavy atom. The van der Waals surface area contributed by atoms with Gasteiger partial charge in [0.05, 0.1) is 42.5 Å². The number of pyridine rings is 2. The Balaban J connectivity index is 1.37. The fourth-order valence-electron chi connectivity index (χ4n) is 3.94. The molecule has 37 heavy (non-hydrogen) atoms. The van der Waals surface area contributed by atoms with Crippen LogP contribution in [0.2, 0.25) is 0 Å². The van der Waals surface area contributed by atoms with Crippen LogP contribution < -0.4 is 10.2 Å². The number of ether oxygens (including phenoxy) is 1. The fraction of sp³-hybridized carbons (Fsp3) is 0.240. The third-order valence-electron chi connectivity index (χ3n) is 5.92. The zero-order chi connectivity index (χ0) is 26.0.